The van der Waals surface area contributed by atoms with E-state index in [1.807, 2.05) is 49.7 Å². The van der Waals surface area contributed by atoms with E-state index in [-0.39, 0.29) is 12.5 Å². The van der Waals surface area contributed by atoms with Crippen LogP contribution in [0.3, 0.4) is 0 Å². The molecule has 0 spiro atoms. The van der Waals surface area contributed by atoms with Crippen LogP contribution in [0.2, 0.25) is 0 Å². The van der Waals surface area contributed by atoms with Crippen molar-refractivity contribution in [3.05, 3.63) is 30.6 Å². The Morgan fingerprint density at radius 3 is 2.88 bits per heavy atom. The van der Waals surface area contributed by atoms with Gasteiger partial charge in [0.1, 0.15) is 12.1 Å². The first-order valence-electron chi connectivity index (χ1n) is 5.57. The Kier molecular flexibility index (Phi) is 2.88. The van der Waals surface area contributed by atoms with E-state index in [1.54, 1.807) is 6.20 Å². The van der Waals surface area contributed by atoms with Gasteiger partial charge >= 0.3 is 5.97 Å². The predicted octanol–water partition coefficient (Wildman–Crippen LogP) is 2.38. The second-order valence-electron chi connectivity index (χ2n) is 4.94. The smallest absolute Gasteiger partial charge is 0.326 e. The molecule has 2 heterocycles. The largest absolute Gasteiger partial charge is 0.459 e. The molecule has 0 aliphatic carbocycles. The van der Waals surface area contributed by atoms with E-state index in [9.17, 15) is 4.79 Å². The van der Waals surface area contributed by atoms with Crippen molar-refractivity contribution in [2.45, 2.75) is 32.9 Å². The highest BCUT2D eigenvalue weighted by Crippen LogP contribution is 2.13. The van der Waals surface area contributed by atoms with Crippen LogP contribution in [-0.2, 0) is 16.1 Å². The van der Waals surface area contributed by atoms with Crippen LogP contribution in [-0.4, -0.2) is 21.1 Å². The Hall–Kier alpha value is -1.84. The van der Waals surface area contributed by atoms with Crippen LogP contribution in [0.25, 0.3) is 11.0 Å². The van der Waals surface area contributed by atoms with Gasteiger partial charge in [-0.1, -0.05) is 0 Å². The number of carbonyl (C=O) groups is 1. The van der Waals surface area contributed by atoms with Crippen molar-refractivity contribution in [3.8, 4) is 0 Å². The molecule has 0 unspecified atom stereocenters. The van der Waals surface area contributed by atoms with Crippen molar-refractivity contribution in [1.82, 2.24) is 9.55 Å². The van der Waals surface area contributed by atoms with E-state index in [4.69, 9.17) is 4.74 Å². The average Bonchev–Trinajstić information content (AvgIpc) is 2.59. The molecule has 0 saturated heterocycles. The molecule has 90 valence electrons. The van der Waals surface area contributed by atoms with Crippen LogP contribution in [0.15, 0.2) is 30.6 Å². The SMILES string of the molecule is CC(C)(C)OC(=O)Cn1ccc2ncccc21. The first-order chi connectivity index (χ1) is 7.96. The van der Waals surface area contributed by atoms with Gasteiger partial charge in [-0.25, -0.2) is 0 Å². The van der Waals surface area contributed by atoms with Crippen LogP contribution < -0.4 is 0 Å². The number of hydrogen-bond acceptors (Lipinski definition) is 3. The van der Waals surface area contributed by atoms with Crippen LogP contribution >= 0.6 is 0 Å². The van der Waals surface area contributed by atoms with Crippen LogP contribution in [0.1, 0.15) is 20.8 Å². The lowest BCUT2D eigenvalue weighted by molar-refractivity contribution is -0.155. The summed E-state index contributed by atoms with van der Waals surface area (Å²) in [7, 11) is 0. The Balaban J connectivity index is 2.16. The predicted molar refractivity (Wildman–Crippen MR) is 65.6 cm³/mol. The maximum atomic E-state index is 11.7. The molecule has 2 rings (SSSR count). The number of aromatic nitrogens is 2. The maximum absolute atomic E-state index is 11.7. The second kappa shape index (κ2) is 4.20. The standard InChI is InChI=1S/C13H16N2O2/c1-13(2,3)17-12(16)9-15-8-6-10-11(15)5-4-7-14-10/h4-8H,9H2,1-3H3. The minimum atomic E-state index is -0.446. The summed E-state index contributed by atoms with van der Waals surface area (Å²) in [5.74, 6) is -0.237. The van der Waals surface area contributed by atoms with Gasteiger partial charge in [-0.05, 0) is 39.0 Å². The highest BCUT2D eigenvalue weighted by Gasteiger charge is 2.16. The third kappa shape index (κ3) is 2.84. The minimum absolute atomic E-state index is 0.215. The number of pyridine rings is 1. The second-order valence-corrected chi connectivity index (χ2v) is 4.94. The van der Waals surface area contributed by atoms with Gasteiger partial charge in [-0.2, -0.15) is 0 Å². The first-order valence-corrected chi connectivity index (χ1v) is 5.57. The fourth-order valence-corrected chi connectivity index (χ4v) is 1.67. The van der Waals surface area contributed by atoms with Gasteiger partial charge in [0.05, 0.1) is 11.0 Å². The van der Waals surface area contributed by atoms with Gasteiger partial charge in [-0.15, -0.1) is 0 Å². The van der Waals surface area contributed by atoms with Crippen molar-refractivity contribution in [2.75, 3.05) is 0 Å². The van der Waals surface area contributed by atoms with Crippen molar-refractivity contribution in [2.24, 2.45) is 0 Å². The summed E-state index contributed by atoms with van der Waals surface area (Å²) >= 11 is 0. The average molecular weight is 232 g/mol. The lowest BCUT2D eigenvalue weighted by Gasteiger charge is -2.19. The zero-order chi connectivity index (χ0) is 12.5. The molecule has 2 aromatic rings. The quantitative estimate of drug-likeness (QED) is 0.747. The van der Waals surface area contributed by atoms with Crippen LogP contribution in [0.4, 0.5) is 0 Å². The summed E-state index contributed by atoms with van der Waals surface area (Å²) in [6.45, 7) is 5.80. The van der Waals surface area contributed by atoms with Crippen molar-refractivity contribution >= 4 is 17.0 Å². The molecule has 0 amide bonds. The van der Waals surface area contributed by atoms with E-state index in [0.717, 1.165) is 11.0 Å². The topological polar surface area (TPSA) is 44.1 Å². The fourth-order valence-electron chi connectivity index (χ4n) is 1.67. The number of esters is 1. The number of nitrogens with zero attached hydrogens (tertiary/aromatic N) is 2. The Morgan fingerprint density at radius 2 is 2.18 bits per heavy atom. The molecule has 0 atom stereocenters. The lowest BCUT2D eigenvalue weighted by Crippen LogP contribution is -2.26. The number of rotatable bonds is 2. The highest BCUT2D eigenvalue weighted by molar-refractivity contribution is 5.78. The molecule has 4 nitrogen and oxygen atoms in total. The molecule has 0 aliphatic heterocycles. The first kappa shape index (κ1) is 11.6. The minimum Gasteiger partial charge on any atom is -0.459 e. The van der Waals surface area contributed by atoms with E-state index in [0.29, 0.717) is 0 Å². The number of hydrogen-bond donors (Lipinski definition) is 0. The molecule has 0 fully saturated rings. The van der Waals surface area contributed by atoms with Gasteiger partial charge in [-0.3, -0.25) is 9.78 Å². The Bertz CT molecular complexity index is 538. The molecule has 17 heavy (non-hydrogen) atoms. The molecule has 0 saturated carbocycles. The van der Waals surface area contributed by atoms with Crippen molar-refractivity contribution in [3.63, 3.8) is 0 Å². The fraction of sp³-hybridized carbons (Fsp3) is 0.385. The van der Waals surface area contributed by atoms with Gasteiger partial charge in [0.2, 0.25) is 0 Å². The molecule has 0 aromatic carbocycles. The van der Waals surface area contributed by atoms with Gasteiger partial charge in [0.15, 0.2) is 0 Å². The van der Waals surface area contributed by atoms with Crippen molar-refractivity contribution < 1.29 is 9.53 Å². The normalized spacial score (nSPS) is 11.7. The Morgan fingerprint density at radius 1 is 1.41 bits per heavy atom. The molecular formula is C13H16N2O2. The van der Waals surface area contributed by atoms with E-state index >= 15 is 0 Å². The lowest BCUT2D eigenvalue weighted by atomic mass is 10.2. The van der Waals surface area contributed by atoms with Gasteiger partial charge < -0.3 is 9.30 Å². The van der Waals surface area contributed by atoms with Gasteiger partial charge in [0.25, 0.3) is 0 Å². The summed E-state index contributed by atoms with van der Waals surface area (Å²) in [6.07, 6.45) is 3.59. The summed E-state index contributed by atoms with van der Waals surface area (Å²) < 4.78 is 7.12. The molecular weight excluding hydrogens is 216 g/mol. The third-order valence-electron chi connectivity index (χ3n) is 2.26. The zero-order valence-corrected chi connectivity index (χ0v) is 10.3. The number of carbonyl (C=O) groups excluding carboxylic acids is 1. The molecule has 2 aromatic heterocycles. The summed E-state index contributed by atoms with van der Waals surface area (Å²) in [4.78, 5) is 15.9. The zero-order valence-electron chi connectivity index (χ0n) is 10.3. The van der Waals surface area contributed by atoms with E-state index in [2.05, 4.69) is 4.98 Å². The molecule has 0 N–H and O–H groups in total. The molecule has 0 radical (unpaired) electrons. The Labute approximate surface area is 100 Å². The van der Waals surface area contributed by atoms with Gasteiger partial charge in [0, 0.05) is 12.4 Å². The highest BCUT2D eigenvalue weighted by atomic mass is 16.6. The maximum Gasteiger partial charge on any atom is 0.326 e. The monoisotopic (exact) mass is 232 g/mol. The van der Waals surface area contributed by atoms with E-state index in [1.165, 1.54) is 0 Å². The third-order valence-corrected chi connectivity index (χ3v) is 2.26. The van der Waals surface area contributed by atoms with E-state index < -0.39 is 5.60 Å². The molecule has 0 bridgehead atoms. The van der Waals surface area contributed by atoms with Crippen LogP contribution in [0.5, 0.6) is 0 Å². The summed E-state index contributed by atoms with van der Waals surface area (Å²) in [5.41, 5.74) is 1.38. The summed E-state index contributed by atoms with van der Waals surface area (Å²) in [5, 5.41) is 0. The van der Waals surface area contributed by atoms with Crippen molar-refractivity contribution in [1.29, 1.82) is 0 Å². The summed E-state index contributed by atoms with van der Waals surface area (Å²) in [6, 6.07) is 5.68. The molecule has 0 aliphatic rings. The van der Waals surface area contributed by atoms with Crippen LogP contribution in [0, 0.1) is 0 Å². The number of ether oxygens (including phenoxy) is 1. The molecule has 4 heteroatoms. The number of fused-ring (bicyclic) bond motifs is 1.